The van der Waals surface area contributed by atoms with Crippen LogP contribution in [-0.4, -0.2) is 25.1 Å². The Balaban J connectivity index is 1.95. The minimum atomic E-state index is -0.0986. The smallest absolute Gasteiger partial charge is 0.241 e. The number of benzene rings is 1. The molecule has 1 saturated heterocycles. The molecule has 0 saturated carbocycles. The summed E-state index contributed by atoms with van der Waals surface area (Å²) in [5.74, 6) is 0.658. The van der Waals surface area contributed by atoms with Crippen LogP contribution in [0, 0.1) is 0 Å². The molecule has 4 nitrogen and oxygen atoms in total. The van der Waals surface area contributed by atoms with Gasteiger partial charge < -0.3 is 15.4 Å². The van der Waals surface area contributed by atoms with Gasteiger partial charge in [0, 0.05) is 5.69 Å². The van der Waals surface area contributed by atoms with E-state index in [-0.39, 0.29) is 11.9 Å². The molecule has 0 aliphatic carbocycles. The first-order valence-corrected chi connectivity index (χ1v) is 7.55. The molecule has 110 valence electrons. The summed E-state index contributed by atoms with van der Waals surface area (Å²) in [7, 11) is 0. The minimum Gasteiger partial charge on any atom is -0.492 e. The van der Waals surface area contributed by atoms with Crippen LogP contribution in [0.4, 0.5) is 5.69 Å². The third-order valence-electron chi connectivity index (χ3n) is 3.29. The Morgan fingerprint density at radius 3 is 3.00 bits per heavy atom. The van der Waals surface area contributed by atoms with Crippen LogP contribution in [-0.2, 0) is 4.79 Å². The summed E-state index contributed by atoms with van der Waals surface area (Å²) in [6, 6.07) is 5.24. The SMILES string of the molecule is CCCOc1ccc(NC(=O)C2CCCCN2)cc1Cl. The van der Waals surface area contributed by atoms with E-state index in [1.54, 1.807) is 12.1 Å². The minimum absolute atomic E-state index is 0.00277. The highest BCUT2D eigenvalue weighted by atomic mass is 35.5. The maximum atomic E-state index is 12.1. The fraction of sp³-hybridized carbons (Fsp3) is 0.533. The molecule has 1 aliphatic heterocycles. The molecule has 20 heavy (non-hydrogen) atoms. The fourth-order valence-corrected chi connectivity index (χ4v) is 2.45. The van der Waals surface area contributed by atoms with Crippen molar-refractivity contribution in [3.05, 3.63) is 23.2 Å². The molecule has 1 aromatic rings. The first-order chi connectivity index (χ1) is 9.70. The number of nitrogens with one attached hydrogen (secondary N) is 2. The van der Waals surface area contributed by atoms with Gasteiger partial charge in [-0.1, -0.05) is 24.9 Å². The molecule has 2 N–H and O–H groups in total. The Morgan fingerprint density at radius 1 is 1.50 bits per heavy atom. The predicted molar refractivity (Wildman–Crippen MR) is 81.5 cm³/mol. The van der Waals surface area contributed by atoms with E-state index < -0.39 is 0 Å². The van der Waals surface area contributed by atoms with Gasteiger partial charge >= 0.3 is 0 Å². The van der Waals surface area contributed by atoms with Gasteiger partial charge in [-0.25, -0.2) is 0 Å². The molecular formula is C15H21ClN2O2. The lowest BCUT2D eigenvalue weighted by Gasteiger charge is -2.22. The maximum Gasteiger partial charge on any atom is 0.241 e. The highest BCUT2D eigenvalue weighted by Gasteiger charge is 2.20. The maximum absolute atomic E-state index is 12.1. The molecule has 1 fully saturated rings. The van der Waals surface area contributed by atoms with Crippen molar-refractivity contribution in [1.82, 2.24) is 5.32 Å². The van der Waals surface area contributed by atoms with Gasteiger partial charge in [0.2, 0.25) is 5.91 Å². The van der Waals surface area contributed by atoms with E-state index in [2.05, 4.69) is 10.6 Å². The molecule has 1 heterocycles. The molecule has 1 aromatic carbocycles. The monoisotopic (exact) mass is 296 g/mol. The molecule has 2 rings (SSSR count). The van der Waals surface area contributed by atoms with E-state index in [0.717, 1.165) is 32.2 Å². The Morgan fingerprint density at radius 2 is 2.35 bits per heavy atom. The average molecular weight is 297 g/mol. The zero-order valence-electron chi connectivity index (χ0n) is 11.7. The predicted octanol–water partition coefficient (Wildman–Crippen LogP) is 3.21. The van der Waals surface area contributed by atoms with Crippen LogP contribution in [0.25, 0.3) is 0 Å². The molecule has 0 aromatic heterocycles. The second kappa shape index (κ2) is 7.50. The standard InChI is InChI=1S/C15H21ClN2O2/c1-2-9-20-14-7-6-11(10-12(14)16)18-15(19)13-5-3-4-8-17-13/h6-7,10,13,17H,2-5,8-9H2,1H3,(H,18,19). The first-order valence-electron chi connectivity index (χ1n) is 7.17. The molecular weight excluding hydrogens is 276 g/mol. The second-order valence-corrected chi connectivity index (χ2v) is 5.39. The van der Waals surface area contributed by atoms with Gasteiger partial charge in [-0.15, -0.1) is 0 Å². The highest BCUT2D eigenvalue weighted by molar-refractivity contribution is 6.32. The van der Waals surface area contributed by atoms with Gasteiger partial charge in [-0.2, -0.15) is 0 Å². The number of ether oxygens (including phenoxy) is 1. The molecule has 1 atom stereocenters. The summed E-state index contributed by atoms with van der Waals surface area (Å²) in [6.45, 7) is 3.58. The van der Waals surface area contributed by atoms with E-state index in [1.807, 2.05) is 13.0 Å². The number of anilines is 1. The number of carbonyl (C=O) groups is 1. The van der Waals surface area contributed by atoms with Gasteiger partial charge in [0.25, 0.3) is 0 Å². The lowest BCUT2D eigenvalue weighted by Crippen LogP contribution is -2.43. The van der Waals surface area contributed by atoms with Gasteiger partial charge in [0.1, 0.15) is 5.75 Å². The molecule has 0 bridgehead atoms. The van der Waals surface area contributed by atoms with Crippen molar-refractivity contribution in [2.45, 2.75) is 38.6 Å². The van der Waals surface area contributed by atoms with E-state index in [4.69, 9.17) is 16.3 Å². The Hall–Kier alpha value is -1.26. The zero-order chi connectivity index (χ0) is 14.4. The largest absolute Gasteiger partial charge is 0.492 e. The van der Waals surface area contributed by atoms with Crippen LogP contribution in [0.15, 0.2) is 18.2 Å². The van der Waals surface area contributed by atoms with Crippen molar-refractivity contribution >= 4 is 23.2 Å². The van der Waals surface area contributed by atoms with E-state index in [9.17, 15) is 4.79 Å². The van der Waals surface area contributed by atoms with Gasteiger partial charge in [0.05, 0.1) is 17.7 Å². The van der Waals surface area contributed by atoms with Crippen LogP contribution >= 0.6 is 11.6 Å². The first kappa shape index (κ1) is 15.1. The number of hydrogen-bond donors (Lipinski definition) is 2. The number of piperidine rings is 1. The zero-order valence-corrected chi connectivity index (χ0v) is 12.5. The van der Waals surface area contributed by atoms with E-state index in [1.165, 1.54) is 0 Å². The van der Waals surface area contributed by atoms with Crippen LogP contribution in [0.3, 0.4) is 0 Å². The molecule has 1 unspecified atom stereocenters. The van der Waals surface area contributed by atoms with Crippen molar-refractivity contribution < 1.29 is 9.53 Å². The summed E-state index contributed by atoms with van der Waals surface area (Å²) in [5.41, 5.74) is 0.705. The lowest BCUT2D eigenvalue weighted by atomic mass is 10.0. The van der Waals surface area contributed by atoms with E-state index >= 15 is 0 Å². The van der Waals surface area contributed by atoms with Gasteiger partial charge in [0.15, 0.2) is 0 Å². The van der Waals surface area contributed by atoms with Crippen LogP contribution < -0.4 is 15.4 Å². The fourth-order valence-electron chi connectivity index (χ4n) is 2.21. The number of amides is 1. The number of hydrogen-bond acceptors (Lipinski definition) is 3. The summed E-state index contributed by atoms with van der Waals surface area (Å²) >= 11 is 6.14. The Kier molecular flexibility index (Phi) is 5.68. The molecule has 0 spiro atoms. The lowest BCUT2D eigenvalue weighted by molar-refractivity contribution is -0.118. The quantitative estimate of drug-likeness (QED) is 0.877. The summed E-state index contributed by atoms with van der Waals surface area (Å²) in [6.07, 6.45) is 4.05. The van der Waals surface area contributed by atoms with Gasteiger partial charge in [-0.05, 0) is 44.0 Å². The molecule has 1 aliphatic rings. The number of carbonyl (C=O) groups excluding carboxylic acids is 1. The number of rotatable bonds is 5. The van der Waals surface area contributed by atoms with Crippen LogP contribution in [0.2, 0.25) is 5.02 Å². The average Bonchev–Trinajstić information content (AvgIpc) is 2.47. The summed E-state index contributed by atoms with van der Waals surface area (Å²) < 4.78 is 5.51. The highest BCUT2D eigenvalue weighted by Crippen LogP contribution is 2.28. The molecule has 0 radical (unpaired) electrons. The molecule has 5 heteroatoms. The van der Waals surface area contributed by atoms with Crippen molar-refractivity contribution in [3.63, 3.8) is 0 Å². The third-order valence-corrected chi connectivity index (χ3v) is 3.58. The topological polar surface area (TPSA) is 50.4 Å². The normalized spacial score (nSPS) is 18.6. The van der Waals surface area contributed by atoms with Crippen molar-refractivity contribution in [2.24, 2.45) is 0 Å². The van der Waals surface area contributed by atoms with Crippen molar-refractivity contribution in [2.75, 3.05) is 18.5 Å². The molecule has 1 amide bonds. The van der Waals surface area contributed by atoms with E-state index in [0.29, 0.717) is 23.1 Å². The summed E-state index contributed by atoms with van der Waals surface area (Å²) in [4.78, 5) is 12.1. The van der Waals surface area contributed by atoms with Crippen LogP contribution in [0.5, 0.6) is 5.75 Å². The van der Waals surface area contributed by atoms with Crippen LogP contribution in [0.1, 0.15) is 32.6 Å². The summed E-state index contributed by atoms with van der Waals surface area (Å²) in [5, 5.41) is 6.64. The Bertz CT molecular complexity index is 459. The second-order valence-electron chi connectivity index (χ2n) is 4.99. The van der Waals surface area contributed by atoms with Crippen molar-refractivity contribution in [1.29, 1.82) is 0 Å². The number of halogens is 1. The van der Waals surface area contributed by atoms with Crippen molar-refractivity contribution in [3.8, 4) is 5.75 Å². The third kappa shape index (κ3) is 4.12. The van der Waals surface area contributed by atoms with Gasteiger partial charge in [-0.3, -0.25) is 4.79 Å². The Labute approximate surface area is 124 Å².